The molecule has 7 heteroatoms. The highest BCUT2D eigenvalue weighted by molar-refractivity contribution is 9.10. The third-order valence-corrected chi connectivity index (χ3v) is 6.19. The van der Waals surface area contributed by atoms with Crippen LogP contribution in [0.25, 0.3) is 16.9 Å². The SMILES string of the molecule is CCOc1cc(OCC)c(/C=N/NC(=O)c2ccc(-n3c(C)ccc3-c3ccccc3)cc2)cc1Br. The molecule has 3 aromatic carbocycles. The number of halogens is 1. The summed E-state index contributed by atoms with van der Waals surface area (Å²) < 4.78 is 14.3. The standard InChI is InChI=1S/C29H28BrN3O3/c1-4-35-27-18-28(36-5-2)25(30)17-23(27)19-31-32-29(34)22-12-14-24(15-13-22)33-20(3)11-16-26(33)21-9-7-6-8-10-21/h6-19H,4-5H2,1-3H3,(H,32,34)/b31-19+. The summed E-state index contributed by atoms with van der Waals surface area (Å²) in [5.41, 5.74) is 8.16. The van der Waals surface area contributed by atoms with E-state index in [2.05, 4.69) is 62.2 Å². The summed E-state index contributed by atoms with van der Waals surface area (Å²) in [6.45, 7) is 6.94. The number of nitrogens with one attached hydrogen (secondary N) is 1. The highest BCUT2D eigenvalue weighted by Crippen LogP contribution is 2.32. The van der Waals surface area contributed by atoms with Crippen molar-refractivity contribution >= 4 is 28.1 Å². The largest absolute Gasteiger partial charge is 0.493 e. The first-order valence-electron chi connectivity index (χ1n) is 11.8. The molecule has 0 unspecified atom stereocenters. The zero-order valence-corrected chi connectivity index (χ0v) is 22.1. The monoisotopic (exact) mass is 545 g/mol. The second-order valence-electron chi connectivity index (χ2n) is 7.99. The minimum Gasteiger partial charge on any atom is -0.493 e. The van der Waals surface area contributed by atoms with Gasteiger partial charge < -0.3 is 14.0 Å². The zero-order chi connectivity index (χ0) is 25.5. The fraction of sp³-hybridized carbons (Fsp3) is 0.172. The second-order valence-corrected chi connectivity index (χ2v) is 8.85. The summed E-state index contributed by atoms with van der Waals surface area (Å²) in [5, 5.41) is 4.15. The lowest BCUT2D eigenvalue weighted by Crippen LogP contribution is -2.17. The van der Waals surface area contributed by atoms with Crippen LogP contribution >= 0.6 is 15.9 Å². The average Bonchev–Trinajstić information content (AvgIpc) is 3.28. The van der Waals surface area contributed by atoms with E-state index in [0.29, 0.717) is 30.3 Å². The van der Waals surface area contributed by atoms with Gasteiger partial charge in [0.25, 0.3) is 5.91 Å². The number of amides is 1. The van der Waals surface area contributed by atoms with Gasteiger partial charge in [0, 0.05) is 28.6 Å². The van der Waals surface area contributed by atoms with Gasteiger partial charge in [-0.15, -0.1) is 0 Å². The van der Waals surface area contributed by atoms with Crippen molar-refractivity contribution in [3.63, 3.8) is 0 Å². The first kappa shape index (κ1) is 25.3. The van der Waals surface area contributed by atoms with E-state index in [4.69, 9.17) is 9.47 Å². The summed E-state index contributed by atoms with van der Waals surface area (Å²) in [7, 11) is 0. The normalized spacial score (nSPS) is 11.0. The quantitative estimate of drug-likeness (QED) is 0.186. The van der Waals surface area contributed by atoms with E-state index in [0.717, 1.165) is 32.7 Å². The van der Waals surface area contributed by atoms with E-state index >= 15 is 0 Å². The summed E-state index contributed by atoms with van der Waals surface area (Å²) in [5.74, 6) is 1.02. The van der Waals surface area contributed by atoms with E-state index in [1.165, 1.54) is 0 Å². The maximum Gasteiger partial charge on any atom is 0.271 e. The predicted octanol–water partition coefficient (Wildman–Crippen LogP) is 6.78. The lowest BCUT2D eigenvalue weighted by Gasteiger charge is -2.13. The molecule has 1 N–H and O–H groups in total. The maximum atomic E-state index is 12.7. The Balaban J connectivity index is 1.49. The third-order valence-electron chi connectivity index (χ3n) is 5.57. The summed E-state index contributed by atoms with van der Waals surface area (Å²) >= 11 is 3.51. The van der Waals surface area contributed by atoms with Gasteiger partial charge in [-0.05, 0) is 84.7 Å². The Labute approximate surface area is 219 Å². The van der Waals surface area contributed by atoms with E-state index in [9.17, 15) is 4.79 Å². The number of ether oxygens (including phenoxy) is 2. The number of aryl methyl sites for hydroxylation is 1. The van der Waals surface area contributed by atoms with Crippen molar-refractivity contribution in [2.24, 2.45) is 5.10 Å². The van der Waals surface area contributed by atoms with E-state index < -0.39 is 0 Å². The van der Waals surface area contributed by atoms with Crippen molar-refractivity contribution in [2.45, 2.75) is 20.8 Å². The number of nitrogens with zero attached hydrogens (tertiary/aromatic N) is 2. The first-order chi connectivity index (χ1) is 17.5. The summed E-state index contributed by atoms with van der Waals surface area (Å²) in [6, 6.07) is 25.6. The van der Waals surface area contributed by atoms with Gasteiger partial charge in [0.2, 0.25) is 0 Å². The Bertz CT molecular complexity index is 1360. The van der Waals surface area contributed by atoms with Crippen molar-refractivity contribution in [3.05, 3.63) is 100 Å². The molecule has 0 bridgehead atoms. The number of hydrogen-bond donors (Lipinski definition) is 1. The van der Waals surface area contributed by atoms with Crippen LogP contribution in [0, 0.1) is 6.92 Å². The molecule has 1 amide bonds. The van der Waals surface area contributed by atoms with Crippen LogP contribution in [0.5, 0.6) is 11.5 Å². The van der Waals surface area contributed by atoms with Crippen LogP contribution in [0.2, 0.25) is 0 Å². The van der Waals surface area contributed by atoms with Gasteiger partial charge in [-0.2, -0.15) is 5.10 Å². The maximum absolute atomic E-state index is 12.7. The number of aromatic nitrogens is 1. The number of carbonyl (C=O) groups is 1. The number of benzene rings is 3. The lowest BCUT2D eigenvalue weighted by molar-refractivity contribution is 0.0955. The van der Waals surface area contributed by atoms with Crippen LogP contribution < -0.4 is 14.9 Å². The molecule has 0 aliphatic heterocycles. The average molecular weight is 546 g/mol. The number of rotatable bonds is 9. The molecule has 0 aliphatic carbocycles. The molecule has 0 aliphatic rings. The van der Waals surface area contributed by atoms with Crippen LogP contribution in [-0.4, -0.2) is 29.9 Å². The number of hydrazone groups is 1. The topological polar surface area (TPSA) is 64.8 Å². The Morgan fingerprint density at radius 2 is 1.64 bits per heavy atom. The van der Waals surface area contributed by atoms with Crippen molar-refractivity contribution in [1.29, 1.82) is 0 Å². The number of carbonyl (C=O) groups excluding carboxylic acids is 1. The van der Waals surface area contributed by atoms with Crippen LogP contribution in [0.15, 0.2) is 88.4 Å². The Morgan fingerprint density at radius 3 is 2.33 bits per heavy atom. The molecule has 1 aromatic heterocycles. The molecule has 0 fully saturated rings. The lowest BCUT2D eigenvalue weighted by atomic mass is 10.1. The van der Waals surface area contributed by atoms with Crippen LogP contribution in [0.3, 0.4) is 0 Å². The van der Waals surface area contributed by atoms with E-state index in [1.54, 1.807) is 18.3 Å². The third kappa shape index (κ3) is 5.69. The minimum atomic E-state index is -0.298. The molecule has 184 valence electrons. The highest BCUT2D eigenvalue weighted by atomic mass is 79.9. The van der Waals surface area contributed by atoms with Gasteiger partial charge in [0.1, 0.15) is 11.5 Å². The molecule has 0 atom stereocenters. The molecule has 4 aromatic rings. The molecular formula is C29H28BrN3O3. The van der Waals surface area contributed by atoms with Crippen molar-refractivity contribution in [3.8, 4) is 28.4 Å². The molecule has 4 rings (SSSR count). The molecule has 0 saturated heterocycles. The zero-order valence-electron chi connectivity index (χ0n) is 20.5. The van der Waals surface area contributed by atoms with Gasteiger partial charge >= 0.3 is 0 Å². The molecule has 1 heterocycles. The Kier molecular flexibility index (Phi) is 8.23. The first-order valence-corrected chi connectivity index (χ1v) is 12.6. The van der Waals surface area contributed by atoms with Gasteiger partial charge in [0.15, 0.2) is 0 Å². The smallest absolute Gasteiger partial charge is 0.271 e. The molecule has 0 radical (unpaired) electrons. The number of hydrogen-bond acceptors (Lipinski definition) is 4. The van der Waals surface area contributed by atoms with E-state index in [1.807, 2.05) is 56.3 Å². The predicted molar refractivity (Wildman–Crippen MR) is 147 cm³/mol. The van der Waals surface area contributed by atoms with Crippen molar-refractivity contribution < 1.29 is 14.3 Å². The minimum absolute atomic E-state index is 0.298. The highest BCUT2D eigenvalue weighted by Gasteiger charge is 2.12. The van der Waals surface area contributed by atoms with Crippen LogP contribution in [0.1, 0.15) is 35.5 Å². The van der Waals surface area contributed by atoms with Gasteiger partial charge in [-0.1, -0.05) is 30.3 Å². The van der Waals surface area contributed by atoms with Gasteiger partial charge in [-0.25, -0.2) is 5.43 Å². The fourth-order valence-corrected chi connectivity index (χ4v) is 4.38. The second kappa shape index (κ2) is 11.7. The molecule has 0 spiro atoms. The summed E-state index contributed by atoms with van der Waals surface area (Å²) in [4.78, 5) is 12.7. The van der Waals surface area contributed by atoms with E-state index in [-0.39, 0.29) is 5.91 Å². The van der Waals surface area contributed by atoms with Gasteiger partial charge in [-0.3, -0.25) is 4.79 Å². The Morgan fingerprint density at radius 1 is 0.944 bits per heavy atom. The molecule has 0 saturated carbocycles. The molecular weight excluding hydrogens is 518 g/mol. The van der Waals surface area contributed by atoms with Gasteiger partial charge in [0.05, 0.1) is 29.6 Å². The van der Waals surface area contributed by atoms with Crippen molar-refractivity contribution in [1.82, 2.24) is 9.99 Å². The molecule has 6 nitrogen and oxygen atoms in total. The fourth-order valence-electron chi connectivity index (χ4n) is 3.90. The Hall–Kier alpha value is -3.84. The molecule has 36 heavy (non-hydrogen) atoms. The summed E-state index contributed by atoms with van der Waals surface area (Å²) in [6.07, 6.45) is 1.56. The van der Waals surface area contributed by atoms with Crippen LogP contribution in [0.4, 0.5) is 0 Å². The van der Waals surface area contributed by atoms with Crippen LogP contribution in [-0.2, 0) is 0 Å². The van der Waals surface area contributed by atoms with Crippen molar-refractivity contribution in [2.75, 3.05) is 13.2 Å².